The van der Waals surface area contributed by atoms with Crippen molar-refractivity contribution in [1.29, 1.82) is 0 Å². The van der Waals surface area contributed by atoms with Crippen LogP contribution in [0.1, 0.15) is 97.9 Å². The van der Waals surface area contributed by atoms with E-state index in [4.69, 9.17) is 23.7 Å². The lowest BCUT2D eigenvalue weighted by molar-refractivity contribution is -0.345. The van der Waals surface area contributed by atoms with Gasteiger partial charge >= 0.3 is 24.0 Å². The van der Waals surface area contributed by atoms with Crippen molar-refractivity contribution in [3.63, 3.8) is 0 Å². The first-order valence-corrected chi connectivity index (χ1v) is 22.9. The minimum absolute atomic E-state index is 0.0401. The number of aliphatic hydroxyl groups is 3. The first-order valence-electron chi connectivity index (χ1n) is 22.9. The Morgan fingerprint density at radius 3 is 2.22 bits per heavy atom. The Morgan fingerprint density at radius 1 is 0.985 bits per heavy atom. The zero-order chi connectivity index (χ0) is 47.4. The normalized spacial score (nSPS) is 33.9. The van der Waals surface area contributed by atoms with E-state index in [2.05, 4.69) is 17.1 Å². The van der Waals surface area contributed by atoms with Crippen LogP contribution in [0.15, 0.2) is 53.1 Å². The maximum Gasteiger partial charge on any atom is 0.410 e. The van der Waals surface area contributed by atoms with Crippen LogP contribution in [-0.2, 0) is 42.9 Å². The van der Waals surface area contributed by atoms with Gasteiger partial charge in [0.05, 0.1) is 35.6 Å². The molecule has 6 aliphatic rings. The van der Waals surface area contributed by atoms with E-state index < -0.39 is 113 Å². The van der Waals surface area contributed by atoms with Gasteiger partial charge in [0.25, 0.3) is 0 Å². The van der Waals surface area contributed by atoms with Crippen LogP contribution in [0.4, 0.5) is 4.79 Å². The third-order valence-electron chi connectivity index (χ3n) is 15.0. The van der Waals surface area contributed by atoms with E-state index in [0.717, 1.165) is 13.0 Å². The largest absolute Gasteiger partial charge is 0.456 e. The van der Waals surface area contributed by atoms with Crippen molar-refractivity contribution in [3.05, 3.63) is 58.7 Å². The van der Waals surface area contributed by atoms with Crippen LogP contribution < -0.4 is 5.32 Å². The first-order chi connectivity index (χ1) is 30.6. The third kappa shape index (κ3) is 8.63. The number of nitrogens with zero attached hydrogens (tertiary/aromatic N) is 2. The number of amides is 2. The molecule has 2 unspecified atom stereocenters. The number of carbonyl (C=O) groups is 6. The number of hydrogen-bond acceptors (Lipinski definition) is 15. The van der Waals surface area contributed by atoms with Crippen LogP contribution in [0, 0.1) is 22.7 Å². The molecule has 1 aromatic rings. The molecule has 4 aliphatic carbocycles. The molecule has 3 saturated carbocycles. The second-order valence-electron chi connectivity index (χ2n) is 19.8. The van der Waals surface area contributed by atoms with Gasteiger partial charge in [-0.25, -0.2) is 14.4 Å². The molecule has 17 heteroatoms. The molecule has 0 radical (unpaired) electrons. The lowest BCUT2D eigenvalue weighted by atomic mass is 9.44. The van der Waals surface area contributed by atoms with Crippen LogP contribution >= 0.6 is 0 Å². The molecule has 5 fully saturated rings. The fourth-order valence-electron chi connectivity index (χ4n) is 11.2. The second-order valence-corrected chi connectivity index (χ2v) is 19.8. The van der Waals surface area contributed by atoms with E-state index >= 15 is 4.79 Å². The number of carbonyl (C=O) groups excluding carboxylic acids is 6. The number of allylic oxidation sites excluding steroid dienone is 1. The Kier molecular flexibility index (Phi) is 13.5. The van der Waals surface area contributed by atoms with Gasteiger partial charge in [-0.05, 0) is 82.7 Å². The number of hydrogen-bond donors (Lipinski definition) is 4. The molecule has 1 aromatic carbocycles. The van der Waals surface area contributed by atoms with Gasteiger partial charge in [0, 0.05) is 57.4 Å². The number of fused-ring (bicyclic) bond motifs is 5. The molecule has 2 aliphatic heterocycles. The molecule has 0 aromatic heterocycles. The summed E-state index contributed by atoms with van der Waals surface area (Å²) in [5, 5.41) is 40.5. The average molecular weight is 908 g/mol. The van der Waals surface area contributed by atoms with E-state index in [1.165, 1.54) is 37.0 Å². The number of esters is 3. The lowest BCUT2D eigenvalue weighted by Crippen LogP contribution is -2.82. The number of ether oxygens (including phenoxy) is 5. The highest BCUT2D eigenvalue weighted by molar-refractivity contribution is 5.96. The number of rotatable bonds is 12. The summed E-state index contributed by atoms with van der Waals surface area (Å²) in [5.41, 5.74) is -6.81. The van der Waals surface area contributed by atoms with Gasteiger partial charge in [0.1, 0.15) is 23.9 Å². The topological polar surface area (TPSA) is 228 Å². The molecule has 2 saturated heterocycles. The summed E-state index contributed by atoms with van der Waals surface area (Å²) < 4.78 is 31.1. The lowest BCUT2D eigenvalue weighted by Gasteiger charge is -2.67. The predicted molar refractivity (Wildman–Crippen MR) is 232 cm³/mol. The van der Waals surface area contributed by atoms with Gasteiger partial charge in [0.15, 0.2) is 23.6 Å². The van der Waals surface area contributed by atoms with Crippen LogP contribution in [0.25, 0.3) is 0 Å². The van der Waals surface area contributed by atoms with E-state index in [1.807, 2.05) is 0 Å². The minimum Gasteiger partial charge on any atom is -0.456 e. The highest BCUT2D eigenvalue weighted by Gasteiger charge is 2.78. The molecule has 2 bridgehead atoms. The van der Waals surface area contributed by atoms with E-state index in [1.54, 1.807) is 52.8 Å². The van der Waals surface area contributed by atoms with E-state index in [-0.39, 0.29) is 35.7 Å². The number of aliphatic hydroxyl groups excluding tert-OH is 2. The zero-order valence-electron chi connectivity index (χ0n) is 38.7. The average Bonchev–Trinajstić information content (AvgIpc) is 4.09. The molecule has 65 heavy (non-hydrogen) atoms. The summed E-state index contributed by atoms with van der Waals surface area (Å²) in [6.45, 7) is 15.2. The maximum atomic E-state index is 16.0. The van der Waals surface area contributed by atoms with Crippen molar-refractivity contribution in [2.45, 2.75) is 141 Å². The summed E-state index contributed by atoms with van der Waals surface area (Å²) in [7, 11) is 0. The number of ketones is 1. The Bertz CT molecular complexity index is 2110. The van der Waals surface area contributed by atoms with Gasteiger partial charge < -0.3 is 49.2 Å². The number of benzene rings is 1. The maximum absolute atomic E-state index is 16.0. The smallest absolute Gasteiger partial charge is 0.410 e. The van der Waals surface area contributed by atoms with Gasteiger partial charge in [-0.2, -0.15) is 0 Å². The standard InChI is InChI=1S/C48H65N3O14/c1-9-17-50-18-20-51(21-19-50)44(59)63-38-35-27(4)31(62-43(58)37(55)36(29-15-16-29)49-34(54)22-26(2)3)24-48(60,45(35,6)7)41(64-42(57)30-13-11-10-12-14-30)39-46(8,40(38)56)32(53)23-33-47(39,25-61-33)65-28(5)52/h10-14,22,29,31-33,36-39,41,53,55,60H,9,15-21,23-25H2,1-8H3,(H,49,54)/t31-,32-,33+,36+,37+,38+,39?,41?,46+,47-,48+/m0/s1. The Morgan fingerprint density at radius 2 is 1.65 bits per heavy atom. The molecule has 4 N–H and O–H groups in total. The predicted octanol–water partition coefficient (Wildman–Crippen LogP) is 3.03. The molecule has 2 amide bonds. The van der Waals surface area contributed by atoms with Crippen LogP contribution in [0.5, 0.6) is 0 Å². The minimum atomic E-state index is -2.37. The summed E-state index contributed by atoms with van der Waals surface area (Å²) in [4.78, 5) is 88.7. The second kappa shape index (κ2) is 18.2. The van der Waals surface area contributed by atoms with Gasteiger partial charge in [-0.1, -0.05) is 44.5 Å². The Balaban J connectivity index is 1.39. The molecule has 7 rings (SSSR count). The van der Waals surface area contributed by atoms with Gasteiger partial charge in [-0.3, -0.25) is 19.3 Å². The Labute approximate surface area is 379 Å². The van der Waals surface area contributed by atoms with Crippen molar-refractivity contribution in [1.82, 2.24) is 15.1 Å². The number of nitrogens with one attached hydrogen (secondary N) is 1. The molecule has 11 atom stereocenters. The van der Waals surface area contributed by atoms with Crippen molar-refractivity contribution < 1.29 is 67.8 Å². The summed E-state index contributed by atoms with van der Waals surface area (Å²) in [5.74, 6) is -5.89. The van der Waals surface area contributed by atoms with E-state index in [9.17, 15) is 39.3 Å². The van der Waals surface area contributed by atoms with Crippen molar-refractivity contribution in [2.75, 3.05) is 39.3 Å². The number of Topliss-reactive ketones (excluding diaryl/α,β-unsaturated/α-hetero) is 1. The van der Waals surface area contributed by atoms with Crippen molar-refractivity contribution >= 4 is 35.7 Å². The monoisotopic (exact) mass is 907 g/mol. The molecule has 2 heterocycles. The van der Waals surface area contributed by atoms with Gasteiger partial charge in [-0.15, -0.1) is 0 Å². The number of piperazine rings is 1. The summed E-state index contributed by atoms with van der Waals surface area (Å²) in [6.07, 6.45) is -7.48. The molecular formula is C48H65N3O14. The quantitative estimate of drug-likeness (QED) is 0.102. The third-order valence-corrected chi connectivity index (χ3v) is 15.0. The fourth-order valence-corrected chi connectivity index (χ4v) is 11.2. The van der Waals surface area contributed by atoms with Crippen LogP contribution in [-0.4, -0.2) is 154 Å². The fraction of sp³-hybridized carbons (Fsp3) is 0.667. The molecule has 356 valence electrons. The molecule has 0 spiro atoms. The zero-order valence-corrected chi connectivity index (χ0v) is 38.7. The summed E-state index contributed by atoms with van der Waals surface area (Å²) >= 11 is 0. The highest BCUT2D eigenvalue weighted by atomic mass is 16.6. The van der Waals surface area contributed by atoms with Crippen LogP contribution in [0.2, 0.25) is 0 Å². The van der Waals surface area contributed by atoms with E-state index in [0.29, 0.717) is 44.6 Å². The molecule has 17 nitrogen and oxygen atoms in total. The van der Waals surface area contributed by atoms with Crippen molar-refractivity contribution in [3.8, 4) is 0 Å². The summed E-state index contributed by atoms with van der Waals surface area (Å²) in [6, 6.07) is 6.93. The first kappa shape index (κ1) is 48.3. The van der Waals surface area contributed by atoms with Gasteiger partial charge in [0.2, 0.25) is 5.91 Å². The van der Waals surface area contributed by atoms with Crippen LogP contribution in [0.3, 0.4) is 0 Å². The molecular weight excluding hydrogens is 843 g/mol. The highest BCUT2D eigenvalue weighted by Crippen LogP contribution is 2.64. The van der Waals surface area contributed by atoms with Crippen molar-refractivity contribution in [2.24, 2.45) is 22.7 Å². The SMILES string of the molecule is CCCN1CCN(C(=O)O[C@H]2C(=O)[C@@]3(C)C(C(OC(=O)c4ccccc4)[C@]4(O)C[C@H](OC(=O)[C@H](O)[C@H](NC(=O)C=C(C)C)C5CC5)C(C)=C2C4(C)C)[C@]2(OC(C)=O)CO[C@@H]2C[C@@H]3O)CC1. The Hall–Kier alpha value is -4.68.